The van der Waals surface area contributed by atoms with Crippen molar-refractivity contribution in [2.24, 2.45) is 0 Å². The van der Waals surface area contributed by atoms with Gasteiger partial charge in [-0.25, -0.2) is 0 Å². The van der Waals surface area contributed by atoms with E-state index in [2.05, 4.69) is 10.9 Å². The molecule has 23 heavy (non-hydrogen) atoms. The minimum absolute atomic E-state index is 0.134. The van der Waals surface area contributed by atoms with Crippen molar-refractivity contribution in [2.75, 3.05) is 14.2 Å². The first-order valence-electron chi connectivity index (χ1n) is 7.00. The van der Waals surface area contributed by atoms with Crippen molar-refractivity contribution in [3.05, 3.63) is 47.4 Å². The number of rotatable bonds is 5. The second kappa shape index (κ2) is 7.35. The van der Waals surface area contributed by atoms with Crippen LogP contribution in [0.2, 0.25) is 0 Å². The van der Waals surface area contributed by atoms with E-state index in [1.807, 2.05) is 6.92 Å². The monoisotopic (exact) mass is 318 g/mol. The fourth-order valence-electron chi connectivity index (χ4n) is 1.91. The molecule has 7 heteroatoms. The first kappa shape index (κ1) is 16.4. The second-order valence-corrected chi connectivity index (χ2v) is 4.60. The van der Waals surface area contributed by atoms with Gasteiger partial charge in [-0.15, -0.1) is 0 Å². The maximum atomic E-state index is 12.1. The van der Waals surface area contributed by atoms with Gasteiger partial charge in [0.25, 0.3) is 5.91 Å². The molecule has 122 valence electrons. The lowest BCUT2D eigenvalue weighted by molar-refractivity contribution is 0.0830. The Balaban J connectivity index is 2.00. The number of carbonyl (C=O) groups excluding carboxylic acids is 2. The lowest BCUT2D eigenvalue weighted by Gasteiger charge is -2.10. The molecule has 1 aromatic carbocycles. The van der Waals surface area contributed by atoms with Crippen LogP contribution in [0.15, 0.2) is 34.7 Å². The number of aryl methyl sites for hydroxylation is 1. The Kier molecular flexibility index (Phi) is 5.24. The van der Waals surface area contributed by atoms with Crippen LogP contribution in [0.5, 0.6) is 11.5 Å². The smallest absolute Gasteiger partial charge is 0.305 e. The Morgan fingerprint density at radius 3 is 2.30 bits per heavy atom. The molecule has 7 nitrogen and oxygen atoms in total. The molecule has 2 rings (SSSR count). The first-order valence-corrected chi connectivity index (χ1v) is 7.00. The summed E-state index contributed by atoms with van der Waals surface area (Å²) in [7, 11) is 2.98. The maximum absolute atomic E-state index is 12.1. The maximum Gasteiger partial charge on any atom is 0.305 e. The van der Waals surface area contributed by atoms with Crippen LogP contribution in [0.1, 0.15) is 33.6 Å². The Morgan fingerprint density at radius 1 is 1.00 bits per heavy atom. The van der Waals surface area contributed by atoms with E-state index in [0.29, 0.717) is 29.2 Å². The van der Waals surface area contributed by atoms with Crippen LogP contribution in [0.3, 0.4) is 0 Å². The zero-order valence-corrected chi connectivity index (χ0v) is 13.1. The molecule has 0 atom stereocenters. The summed E-state index contributed by atoms with van der Waals surface area (Å²) in [6, 6.07) is 7.95. The predicted molar refractivity (Wildman–Crippen MR) is 82.6 cm³/mol. The highest BCUT2D eigenvalue weighted by Gasteiger charge is 2.14. The van der Waals surface area contributed by atoms with E-state index in [1.54, 1.807) is 24.3 Å². The van der Waals surface area contributed by atoms with Crippen molar-refractivity contribution in [1.29, 1.82) is 0 Å². The number of carbonyl (C=O) groups is 2. The number of nitrogens with one attached hydrogen (secondary N) is 2. The van der Waals surface area contributed by atoms with Crippen LogP contribution >= 0.6 is 0 Å². The molecule has 1 aromatic heterocycles. The minimum atomic E-state index is -0.529. The molecular formula is C16H18N2O5. The van der Waals surface area contributed by atoms with Gasteiger partial charge in [-0.3, -0.25) is 20.4 Å². The topological polar surface area (TPSA) is 89.8 Å². The van der Waals surface area contributed by atoms with Gasteiger partial charge in [0.2, 0.25) is 0 Å². The van der Waals surface area contributed by atoms with Crippen molar-refractivity contribution in [2.45, 2.75) is 13.3 Å². The third kappa shape index (κ3) is 3.82. The normalized spacial score (nSPS) is 10.0. The number of furan rings is 1. The highest BCUT2D eigenvalue weighted by molar-refractivity contribution is 5.98. The standard InChI is InChI=1S/C16H18N2O5/c1-4-11-6-8-13(23-11)16(20)18-17-15(19)10-5-7-12(21-2)14(9-10)22-3/h5-9H,4H2,1-3H3,(H,17,19)(H,18,20). The quantitative estimate of drug-likeness (QED) is 0.822. The lowest BCUT2D eigenvalue weighted by Crippen LogP contribution is -2.41. The molecule has 0 aliphatic carbocycles. The lowest BCUT2D eigenvalue weighted by atomic mass is 10.2. The van der Waals surface area contributed by atoms with Crippen molar-refractivity contribution in [3.63, 3.8) is 0 Å². The average Bonchev–Trinajstić information content (AvgIpc) is 3.07. The number of amides is 2. The van der Waals surface area contributed by atoms with Gasteiger partial charge in [-0.05, 0) is 30.3 Å². The van der Waals surface area contributed by atoms with Gasteiger partial charge in [0.1, 0.15) is 5.76 Å². The van der Waals surface area contributed by atoms with Gasteiger partial charge in [-0.2, -0.15) is 0 Å². The first-order chi connectivity index (χ1) is 11.1. The Hall–Kier alpha value is -2.96. The predicted octanol–water partition coefficient (Wildman–Crippen LogP) is 1.93. The van der Waals surface area contributed by atoms with Gasteiger partial charge < -0.3 is 13.9 Å². The third-order valence-electron chi connectivity index (χ3n) is 3.17. The Morgan fingerprint density at radius 2 is 1.70 bits per heavy atom. The van der Waals surface area contributed by atoms with E-state index in [1.165, 1.54) is 20.3 Å². The number of benzene rings is 1. The van der Waals surface area contributed by atoms with Gasteiger partial charge in [0, 0.05) is 12.0 Å². The highest BCUT2D eigenvalue weighted by Crippen LogP contribution is 2.27. The molecule has 0 unspecified atom stereocenters. The molecule has 2 amide bonds. The fraction of sp³-hybridized carbons (Fsp3) is 0.250. The van der Waals surface area contributed by atoms with Crippen molar-refractivity contribution < 1.29 is 23.5 Å². The molecule has 0 radical (unpaired) electrons. The molecule has 0 spiro atoms. The number of hydrogen-bond donors (Lipinski definition) is 2. The van der Waals surface area contributed by atoms with Crippen molar-refractivity contribution >= 4 is 11.8 Å². The minimum Gasteiger partial charge on any atom is -0.493 e. The van der Waals surface area contributed by atoms with Gasteiger partial charge in [0.15, 0.2) is 17.3 Å². The van der Waals surface area contributed by atoms with Gasteiger partial charge in [-0.1, -0.05) is 6.92 Å². The van der Waals surface area contributed by atoms with Crippen LogP contribution in [0.25, 0.3) is 0 Å². The van der Waals surface area contributed by atoms with Crippen molar-refractivity contribution in [3.8, 4) is 11.5 Å². The van der Waals surface area contributed by atoms with Gasteiger partial charge in [0.05, 0.1) is 14.2 Å². The average molecular weight is 318 g/mol. The molecule has 2 aromatic rings. The number of hydrazine groups is 1. The number of ether oxygens (including phenoxy) is 2. The van der Waals surface area contributed by atoms with E-state index >= 15 is 0 Å². The molecular weight excluding hydrogens is 300 g/mol. The van der Waals surface area contributed by atoms with Crippen LogP contribution in [0, 0.1) is 0 Å². The highest BCUT2D eigenvalue weighted by atomic mass is 16.5. The second-order valence-electron chi connectivity index (χ2n) is 4.60. The molecule has 1 heterocycles. The SMILES string of the molecule is CCc1ccc(C(=O)NNC(=O)c2ccc(OC)c(OC)c2)o1. The molecule has 2 N–H and O–H groups in total. The summed E-state index contributed by atoms with van der Waals surface area (Å²) < 4.78 is 15.5. The molecule has 0 saturated carbocycles. The zero-order valence-electron chi connectivity index (χ0n) is 13.1. The summed E-state index contributed by atoms with van der Waals surface area (Å²) in [4.78, 5) is 23.9. The Labute approximate surface area is 133 Å². The third-order valence-corrected chi connectivity index (χ3v) is 3.17. The van der Waals surface area contributed by atoms with Crippen LogP contribution < -0.4 is 20.3 Å². The molecule has 0 saturated heterocycles. The van der Waals surface area contributed by atoms with Crippen molar-refractivity contribution in [1.82, 2.24) is 10.9 Å². The molecule has 0 aliphatic rings. The van der Waals surface area contributed by atoms with Crippen LogP contribution in [-0.4, -0.2) is 26.0 Å². The van der Waals surface area contributed by atoms with E-state index in [9.17, 15) is 9.59 Å². The Bertz CT molecular complexity index is 708. The van der Waals surface area contributed by atoms with Crippen LogP contribution in [-0.2, 0) is 6.42 Å². The van der Waals surface area contributed by atoms with Crippen LogP contribution in [0.4, 0.5) is 0 Å². The molecule has 0 bridgehead atoms. The van der Waals surface area contributed by atoms with E-state index < -0.39 is 11.8 Å². The summed E-state index contributed by atoms with van der Waals surface area (Å²) in [5.74, 6) is 0.747. The van der Waals surface area contributed by atoms with E-state index in [0.717, 1.165) is 0 Å². The summed E-state index contributed by atoms with van der Waals surface area (Å²) in [5, 5.41) is 0. The zero-order chi connectivity index (χ0) is 16.8. The summed E-state index contributed by atoms with van der Waals surface area (Å²) >= 11 is 0. The number of methoxy groups -OCH3 is 2. The molecule has 0 aliphatic heterocycles. The van der Waals surface area contributed by atoms with E-state index in [4.69, 9.17) is 13.9 Å². The molecule has 0 fully saturated rings. The van der Waals surface area contributed by atoms with Gasteiger partial charge >= 0.3 is 5.91 Å². The largest absolute Gasteiger partial charge is 0.493 e. The fourth-order valence-corrected chi connectivity index (χ4v) is 1.91. The summed E-state index contributed by atoms with van der Waals surface area (Å²) in [5.41, 5.74) is 4.93. The van der Waals surface area contributed by atoms with E-state index in [-0.39, 0.29) is 5.76 Å². The summed E-state index contributed by atoms with van der Waals surface area (Å²) in [6.45, 7) is 1.92. The summed E-state index contributed by atoms with van der Waals surface area (Å²) in [6.07, 6.45) is 0.686. The number of hydrogen-bond acceptors (Lipinski definition) is 5.